The summed E-state index contributed by atoms with van der Waals surface area (Å²) < 4.78 is 20.1. The van der Waals surface area contributed by atoms with Crippen LogP contribution >= 0.6 is 22.9 Å². The van der Waals surface area contributed by atoms with E-state index < -0.39 is 17.2 Å². The van der Waals surface area contributed by atoms with E-state index in [4.69, 9.17) is 21.4 Å². The average Bonchev–Trinajstić information content (AvgIpc) is 3.16. The van der Waals surface area contributed by atoms with Gasteiger partial charge in [0.25, 0.3) is 0 Å². The molecule has 2 N–H and O–H groups in total. The van der Waals surface area contributed by atoms with E-state index in [9.17, 15) is 9.18 Å². The molecule has 0 amide bonds. The van der Waals surface area contributed by atoms with E-state index in [0.29, 0.717) is 14.9 Å². The third kappa shape index (κ3) is 4.79. The Morgan fingerprint density at radius 2 is 1.88 bits per heavy atom. The van der Waals surface area contributed by atoms with Crippen molar-refractivity contribution in [3.8, 4) is 17.1 Å². The lowest BCUT2D eigenvalue weighted by Crippen LogP contribution is -2.31. The van der Waals surface area contributed by atoms with Gasteiger partial charge in [0, 0.05) is 28.7 Å². The van der Waals surface area contributed by atoms with Gasteiger partial charge in [-0.15, -0.1) is 0 Å². The molecule has 7 nitrogen and oxygen atoms in total. The van der Waals surface area contributed by atoms with Crippen molar-refractivity contribution >= 4 is 49.9 Å². The Labute approximate surface area is 191 Å². The van der Waals surface area contributed by atoms with Crippen LogP contribution in [0.4, 0.5) is 15.2 Å². The van der Waals surface area contributed by atoms with Crippen molar-refractivity contribution < 1.29 is 19.0 Å². The van der Waals surface area contributed by atoms with Crippen LogP contribution in [-0.4, -0.2) is 32.6 Å². The fourth-order valence-corrected chi connectivity index (χ4v) is 3.94. The topological polar surface area (TPSA) is 97.2 Å². The van der Waals surface area contributed by atoms with Crippen molar-refractivity contribution in [2.75, 3.05) is 11.9 Å². The number of aromatic nitrogens is 3. The Morgan fingerprint density at radius 1 is 1.19 bits per heavy atom. The summed E-state index contributed by atoms with van der Waals surface area (Å²) in [4.78, 5) is 23.7. The maximum absolute atomic E-state index is 14.0. The maximum atomic E-state index is 14.0. The first-order valence-corrected chi connectivity index (χ1v) is 10.7. The van der Waals surface area contributed by atoms with Gasteiger partial charge in [0.2, 0.25) is 0 Å². The predicted molar refractivity (Wildman–Crippen MR) is 122 cm³/mol. The molecule has 2 aromatic carbocycles. The summed E-state index contributed by atoms with van der Waals surface area (Å²) in [6.45, 7) is 3.10. The lowest BCUT2D eigenvalue weighted by atomic mass is 9.95. The monoisotopic (exact) mass is 472 g/mol. The highest BCUT2D eigenvalue weighted by molar-refractivity contribution is 7.22. The molecule has 4 rings (SSSR count). The number of aliphatic carboxylic acids is 1. The van der Waals surface area contributed by atoms with Crippen molar-refractivity contribution in [1.82, 2.24) is 15.0 Å². The maximum Gasteiger partial charge on any atom is 0.316 e. The zero-order chi connectivity index (χ0) is 22.9. The number of nitrogens with one attached hydrogen (secondary N) is 1. The van der Waals surface area contributed by atoms with Crippen LogP contribution in [0.1, 0.15) is 13.8 Å². The van der Waals surface area contributed by atoms with Crippen LogP contribution in [0.3, 0.4) is 0 Å². The Hall–Kier alpha value is -3.30. The summed E-state index contributed by atoms with van der Waals surface area (Å²) in [6, 6.07) is 10.6. The quantitative estimate of drug-likeness (QED) is 0.352. The molecule has 10 heteroatoms. The fraction of sp³-hybridized carbons (Fsp3) is 0.182. The smallest absolute Gasteiger partial charge is 0.316 e. The summed E-state index contributed by atoms with van der Waals surface area (Å²) >= 11 is 7.22. The molecular weight excluding hydrogens is 455 g/mol. The molecule has 0 saturated heterocycles. The van der Waals surface area contributed by atoms with Gasteiger partial charge in [-0.25, -0.2) is 19.3 Å². The molecular formula is C22H18ClFN4O3S. The van der Waals surface area contributed by atoms with Crippen molar-refractivity contribution in [3.05, 3.63) is 59.6 Å². The van der Waals surface area contributed by atoms with Gasteiger partial charge in [-0.05, 0) is 43.7 Å². The van der Waals surface area contributed by atoms with Crippen LogP contribution in [0, 0.1) is 11.2 Å². The van der Waals surface area contributed by atoms with Crippen molar-refractivity contribution in [2.45, 2.75) is 13.8 Å². The molecule has 32 heavy (non-hydrogen) atoms. The number of carboxylic acids is 1. The molecule has 0 spiro atoms. The summed E-state index contributed by atoms with van der Waals surface area (Å²) in [5.41, 5.74) is 1.69. The SMILES string of the molecule is CC(C)(COc1ncc(-c2ccc(Nc3nc4c(F)cc(Cl)cc4s3)cc2)cn1)C(=O)O. The third-order valence-electron chi connectivity index (χ3n) is 4.65. The molecule has 0 unspecified atom stereocenters. The minimum Gasteiger partial charge on any atom is -0.481 e. The van der Waals surface area contributed by atoms with E-state index in [-0.39, 0.29) is 18.1 Å². The second kappa shape index (κ2) is 8.68. The highest BCUT2D eigenvalue weighted by Gasteiger charge is 2.28. The lowest BCUT2D eigenvalue weighted by molar-refractivity contribution is -0.148. The Balaban J connectivity index is 1.43. The molecule has 0 aliphatic rings. The zero-order valence-corrected chi connectivity index (χ0v) is 18.7. The summed E-state index contributed by atoms with van der Waals surface area (Å²) in [7, 11) is 0. The molecule has 4 aromatic rings. The van der Waals surface area contributed by atoms with E-state index in [0.717, 1.165) is 16.8 Å². The highest BCUT2D eigenvalue weighted by atomic mass is 35.5. The number of halogens is 2. The number of ether oxygens (including phenoxy) is 1. The van der Waals surface area contributed by atoms with Gasteiger partial charge in [0.15, 0.2) is 10.9 Å². The van der Waals surface area contributed by atoms with E-state index in [1.54, 1.807) is 32.3 Å². The molecule has 0 fully saturated rings. The highest BCUT2D eigenvalue weighted by Crippen LogP contribution is 2.32. The number of benzene rings is 2. The van der Waals surface area contributed by atoms with E-state index in [1.807, 2.05) is 24.3 Å². The standard InChI is InChI=1S/C22H18ClFN4O3S/c1-22(2,19(29)30)11-31-20-25-9-13(10-26-20)12-3-5-15(6-4-12)27-21-28-18-16(24)7-14(23)8-17(18)32-21/h3-10H,11H2,1-2H3,(H,27,28)(H,29,30). The van der Waals surface area contributed by atoms with Crippen molar-refractivity contribution in [1.29, 1.82) is 0 Å². The molecule has 0 radical (unpaired) electrons. The minimum atomic E-state index is -1.04. The first kappa shape index (κ1) is 21.9. The van der Waals surface area contributed by atoms with Crippen LogP contribution in [0.5, 0.6) is 6.01 Å². The van der Waals surface area contributed by atoms with Crippen LogP contribution in [0.25, 0.3) is 21.3 Å². The molecule has 164 valence electrons. The first-order valence-electron chi connectivity index (χ1n) is 9.52. The second-order valence-electron chi connectivity index (χ2n) is 7.69. The molecule has 2 aromatic heterocycles. The molecule has 2 heterocycles. The summed E-state index contributed by atoms with van der Waals surface area (Å²) in [5.74, 6) is -1.41. The van der Waals surface area contributed by atoms with E-state index in [2.05, 4.69) is 20.3 Å². The lowest BCUT2D eigenvalue weighted by Gasteiger charge is -2.18. The number of hydrogen-bond acceptors (Lipinski definition) is 7. The minimum absolute atomic E-state index is 0.0378. The molecule has 0 saturated carbocycles. The molecule has 0 bridgehead atoms. The number of carbonyl (C=O) groups is 1. The van der Waals surface area contributed by atoms with Gasteiger partial charge in [-0.1, -0.05) is 35.1 Å². The molecule has 0 aliphatic carbocycles. The predicted octanol–water partition coefficient (Wildman–Crippen LogP) is 5.78. The number of hydrogen-bond donors (Lipinski definition) is 2. The Bertz CT molecular complexity index is 1280. The zero-order valence-electron chi connectivity index (χ0n) is 17.1. The van der Waals surface area contributed by atoms with Crippen molar-refractivity contribution in [3.63, 3.8) is 0 Å². The second-order valence-corrected chi connectivity index (χ2v) is 9.15. The fourth-order valence-electron chi connectivity index (χ4n) is 2.73. The molecule has 0 atom stereocenters. The van der Waals surface area contributed by atoms with Crippen molar-refractivity contribution in [2.24, 2.45) is 5.41 Å². The number of fused-ring (bicyclic) bond motifs is 1. The van der Waals surface area contributed by atoms with Gasteiger partial charge >= 0.3 is 12.0 Å². The van der Waals surface area contributed by atoms with E-state index in [1.165, 1.54) is 17.4 Å². The van der Waals surface area contributed by atoms with Gasteiger partial charge in [-0.3, -0.25) is 4.79 Å². The number of rotatable bonds is 7. The van der Waals surface area contributed by atoms with Crippen LogP contribution in [-0.2, 0) is 4.79 Å². The number of thiazole rings is 1. The number of carboxylic acid groups (broad SMARTS) is 1. The third-order valence-corrected chi connectivity index (χ3v) is 5.79. The number of nitrogens with zero attached hydrogens (tertiary/aromatic N) is 3. The summed E-state index contributed by atoms with van der Waals surface area (Å²) in [5, 5.41) is 13.2. The van der Waals surface area contributed by atoms with Gasteiger partial charge in [0.1, 0.15) is 12.1 Å². The van der Waals surface area contributed by atoms with E-state index >= 15 is 0 Å². The van der Waals surface area contributed by atoms with Crippen LogP contribution in [0.2, 0.25) is 5.02 Å². The van der Waals surface area contributed by atoms with Crippen LogP contribution in [0.15, 0.2) is 48.8 Å². The summed E-state index contributed by atoms with van der Waals surface area (Å²) in [6.07, 6.45) is 3.22. The first-order chi connectivity index (χ1) is 15.2. The average molecular weight is 473 g/mol. The number of anilines is 2. The normalized spacial score (nSPS) is 11.5. The van der Waals surface area contributed by atoms with Gasteiger partial charge in [-0.2, -0.15) is 0 Å². The molecule has 0 aliphatic heterocycles. The Kier molecular flexibility index (Phi) is 5.94. The van der Waals surface area contributed by atoms with Gasteiger partial charge in [0.05, 0.1) is 10.1 Å². The van der Waals surface area contributed by atoms with Gasteiger partial charge < -0.3 is 15.2 Å². The van der Waals surface area contributed by atoms with Crippen LogP contribution < -0.4 is 10.1 Å². The largest absolute Gasteiger partial charge is 0.481 e. The Morgan fingerprint density at radius 3 is 2.53 bits per heavy atom.